The van der Waals surface area contributed by atoms with Gasteiger partial charge in [-0.1, -0.05) is 13.0 Å². The first-order chi connectivity index (χ1) is 13.5. The Balaban J connectivity index is 1.30. The van der Waals surface area contributed by atoms with Crippen molar-refractivity contribution >= 4 is 5.91 Å². The fourth-order valence-electron chi connectivity index (χ4n) is 4.64. The minimum Gasteiger partial charge on any atom is -0.454 e. The van der Waals surface area contributed by atoms with Crippen molar-refractivity contribution in [1.29, 1.82) is 0 Å². The van der Waals surface area contributed by atoms with Crippen molar-refractivity contribution in [1.82, 2.24) is 14.7 Å². The minimum atomic E-state index is 0.120. The Labute approximate surface area is 168 Å². The van der Waals surface area contributed by atoms with Crippen LogP contribution in [0.3, 0.4) is 0 Å². The van der Waals surface area contributed by atoms with Gasteiger partial charge < -0.3 is 24.2 Å². The van der Waals surface area contributed by atoms with Crippen molar-refractivity contribution in [2.45, 2.75) is 32.6 Å². The van der Waals surface area contributed by atoms with Crippen LogP contribution in [0.2, 0.25) is 0 Å². The van der Waals surface area contributed by atoms with Crippen LogP contribution in [-0.2, 0) is 11.2 Å². The van der Waals surface area contributed by atoms with E-state index in [1.54, 1.807) is 0 Å². The quantitative estimate of drug-likeness (QED) is 0.749. The third kappa shape index (κ3) is 4.61. The van der Waals surface area contributed by atoms with Gasteiger partial charge in [-0.25, -0.2) is 0 Å². The van der Waals surface area contributed by atoms with Gasteiger partial charge in [-0.3, -0.25) is 4.79 Å². The lowest BCUT2D eigenvalue weighted by Gasteiger charge is -2.41. The SMILES string of the molecule is CN1CCN(CCCN2CC(C)(Cc3ccc4c(c3)OCO4)CCC2=O)CC1. The van der Waals surface area contributed by atoms with E-state index in [2.05, 4.69) is 40.8 Å². The standard InChI is InChI=1S/C22H33N3O3/c1-22(15-18-4-5-19-20(14-18)28-17-27-19)7-6-21(26)25(16-22)9-3-8-24-12-10-23(2)11-13-24/h4-5,14H,3,6-13,15-17H2,1-2H3. The number of hydrogen-bond acceptors (Lipinski definition) is 5. The zero-order chi connectivity index (χ0) is 19.6. The zero-order valence-corrected chi connectivity index (χ0v) is 17.3. The van der Waals surface area contributed by atoms with Gasteiger partial charge in [0, 0.05) is 45.7 Å². The summed E-state index contributed by atoms with van der Waals surface area (Å²) in [5, 5.41) is 0. The Bertz CT molecular complexity index is 702. The predicted molar refractivity (Wildman–Crippen MR) is 109 cm³/mol. The number of amides is 1. The molecule has 3 aliphatic rings. The summed E-state index contributed by atoms with van der Waals surface area (Å²) in [5.41, 5.74) is 1.38. The topological polar surface area (TPSA) is 45.2 Å². The first-order valence-corrected chi connectivity index (χ1v) is 10.6. The average molecular weight is 388 g/mol. The number of carbonyl (C=O) groups excluding carboxylic acids is 1. The van der Waals surface area contributed by atoms with Gasteiger partial charge in [-0.15, -0.1) is 0 Å². The molecule has 1 aromatic rings. The highest BCUT2D eigenvalue weighted by Crippen LogP contribution is 2.37. The van der Waals surface area contributed by atoms with Crippen LogP contribution in [0.4, 0.5) is 0 Å². The van der Waals surface area contributed by atoms with Gasteiger partial charge in [0.1, 0.15) is 0 Å². The second-order valence-corrected chi connectivity index (χ2v) is 8.99. The van der Waals surface area contributed by atoms with Gasteiger partial charge in [0.05, 0.1) is 0 Å². The van der Waals surface area contributed by atoms with Gasteiger partial charge >= 0.3 is 0 Å². The van der Waals surface area contributed by atoms with E-state index in [0.717, 1.165) is 76.6 Å². The summed E-state index contributed by atoms with van der Waals surface area (Å²) in [4.78, 5) is 19.5. The van der Waals surface area contributed by atoms with E-state index in [1.165, 1.54) is 5.56 Å². The Morgan fingerprint density at radius 1 is 1.07 bits per heavy atom. The lowest BCUT2D eigenvalue weighted by Crippen LogP contribution is -2.48. The van der Waals surface area contributed by atoms with Crippen LogP contribution >= 0.6 is 0 Å². The molecule has 0 aliphatic carbocycles. The lowest BCUT2D eigenvalue weighted by atomic mass is 9.76. The number of carbonyl (C=O) groups is 1. The molecule has 28 heavy (non-hydrogen) atoms. The number of likely N-dealkylation sites (N-methyl/N-ethyl adjacent to an activating group) is 1. The number of benzene rings is 1. The summed E-state index contributed by atoms with van der Waals surface area (Å²) in [5.74, 6) is 2.00. The molecule has 0 spiro atoms. The molecule has 6 nitrogen and oxygen atoms in total. The Kier molecular flexibility index (Phi) is 5.78. The largest absolute Gasteiger partial charge is 0.454 e. The first-order valence-electron chi connectivity index (χ1n) is 10.6. The number of piperidine rings is 1. The average Bonchev–Trinajstić information content (AvgIpc) is 3.14. The number of piperazine rings is 1. The lowest BCUT2D eigenvalue weighted by molar-refractivity contribution is -0.137. The van der Waals surface area contributed by atoms with E-state index < -0.39 is 0 Å². The van der Waals surface area contributed by atoms with E-state index in [0.29, 0.717) is 19.1 Å². The number of ether oxygens (including phenoxy) is 2. The minimum absolute atomic E-state index is 0.120. The molecule has 0 aromatic heterocycles. The second-order valence-electron chi connectivity index (χ2n) is 8.99. The molecule has 0 saturated carbocycles. The molecule has 2 fully saturated rings. The van der Waals surface area contributed by atoms with E-state index in [4.69, 9.17) is 9.47 Å². The van der Waals surface area contributed by atoms with E-state index in [1.807, 2.05) is 6.07 Å². The highest BCUT2D eigenvalue weighted by molar-refractivity contribution is 5.77. The van der Waals surface area contributed by atoms with Gasteiger partial charge in [0.15, 0.2) is 11.5 Å². The maximum atomic E-state index is 12.5. The number of fused-ring (bicyclic) bond motifs is 1. The summed E-state index contributed by atoms with van der Waals surface area (Å²) in [6.45, 7) is 10.0. The van der Waals surface area contributed by atoms with E-state index in [9.17, 15) is 4.79 Å². The molecule has 3 aliphatic heterocycles. The van der Waals surface area contributed by atoms with Crippen LogP contribution in [0, 0.1) is 5.41 Å². The highest BCUT2D eigenvalue weighted by Gasteiger charge is 2.35. The monoisotopic (exact) mass is 387 g/mol. The maximum absolute atomic E-state index is 12.5. The van der Waals surface area contributed by atoms with Crippen LogP contribution in [0.15, 0.2) is 18.2 Å². The summed E-state index contributed by atoms with van der Waals surface area (Å²) < 4.78 is 10.9. The molecule has 6 heteroatoms. The van der Waals surface area contributed by atoms with Crippen molar-refractivity contribution in [3.05, 3.63) is 23.8 Å². The zero-order valence-electron chi connectivity index (χ0n) is 17.3. The molecule has 1 unspecified atom stereocenters. The molecular formula is C22H33N3O3. The molecule has 3 heterocycles. The number of hydrogen-bond donors (Lipinski definition) is 0. The van der Waals surface area contributed by atoms with E-state index >= 15 is 0 Å². The van der Waals surface area contributed by atoms with Crippen LogP contribution in [0.5, 0.6) is 11.5 Å². The summed E-state index contributed by atoms with van der Waals surface area (Å²) in [7, 11) is 2.19. The van der Waals surface area contributed by atoms with E-state index in [-0.39, 0.29) is 5.41 Å². The summed E-state index contributed by atoms with van der Waals surface area (Å²) >= 11 is 0. The van der Waals surface area contributed by atoms with Gasteiger partial charge in [0.2, 0.25) is 12.7 Å². The molecule has 0 radical (unpaired) electrons. The smallest absolute Gasteiger partial charge is 0.231 e. The Morgan fingerprint density at radius 2 is 1.86 bits per heavy atom. The molecular weight excluding hydrogens is 354 g/mol. The second kappa shape index (κ2) is 8.29. The molecule has 0 bridgehead atoms. The Morgan fingerprint density at radius 3 is 2.68 bits per heavy atom. The van der Waals surface area contributed by atoms with Crippen molar-refractivity contribution in [3.63, 3.8) is 0 Å². The Hall–Kier alpha value is -1.79. The van der Waals surface area contributed by atoms with Gasteiger partial charge in [-0.05, 0) is 56.0 Å². The number of rotatable bonds is 6. The summed E-state index contributed by atoms with van der Waals surface area (Å²) in [6, 6.07) is 6.23. The van der Waals surface area contributed by atoms with Crippen molar-refractivity contribution in [2.75, 3.05) is 59.7 Å². The van der Waals surface area contributed by atoms with Crippen molar-refractivity contribution in [3.8, 4) is 11.5 Å². The molecule has 154 valence electrons. The van der Waals surface area contributed by atoms with Gasteiger partial charge in [0.25, 0.3) is 0 Å². The van der Waals surface area contributed by atoms with Crippen LogP contribution < -0.4 is 9.47 Å². The van der Waals surface area contributed by atoms with Crippen LogP contribution in [0.1, 0.15) is 31.7 Å². The van der Waals surface area contributed by atoms with Crippen LogP contribution in [0.25, 0.3) is 0 Å². The van der Waals surface area contributed by atoms with Crippen LogP contribution in [-0.4, -0.2) is 80.3 Å². The normalized spacial score (nSPS) is 26.1. The molecule has 2 saturated heterocycles. The fourth-order valence-corrected chi connectivity index (χ4v) is 4.64. The highest BCUT2D eigenvalue weighted by atomic mass is 16.7. The van der Waals surface area contributed by atoms with Crippen molar-refractivity contribution < 1.29 is 14.3 Å². The summed E-state index contributed by atoms with van der Waals surface area (Å²) in [6.07, 6.45) is 3.65. The maximum Gasteiger partial charge on any atom is 0.231 e. The first kappa shape index (κ1) is 19.5. The molecule has 4 rings (SSSR count). The molecule has 0 N–H and O–H groups in total. The molecule has 1 atom stereocenters. The number of likely N-dealkylation sites (tertiary alicyclic amines) is 1. The van der Waals surface area contributed by atoms with Crippen molar-refractivity contribution in [2.24, 2.45) is 5.41 Å². The third-order valence-corrected chi connectivity index (χ3v) is 6.43. The third-order valence-electron chi connectivity index (χ3n) is 6.43. The molecule has 1 amide bonds. The fraction of sp³-hybridized carbons (Fsp3) is 0.682. The molecule has 1 aromatic carbocycles. The van der Waals surface area contributed by atoms with Gasteiger partial charge in [-0.2, -0.15) is 0 Å². The number of nitrogens with zero attached hydrogens (tertiary/aromatic N) is 3. The predicted octanol–water partition coefficient (Wildman–Crippen LogP) is 2.22.